The number of piperidine rings is 1. The van der Waals surface area contributed by atoms with Crippen LogP contribution in [0.2, 0.25) is 0 Å². The van der Waals surface area contributed by atoms with E-state index in [-0.39, 0.29) is 11.9 Å². The van der Waals surface area contributed by atoms with Crippen molar-refractivity contribution in [1.82, 2.24) is 9.80 Å². The molecular formula is C15H24FN3. The zero-order valence-electron chi connectivity index (χ0n) is 11.8. The minimum absolute atomic E-state index is 0.125. The third-order valence-electron chi connectivity index (χ3n) is 4.07. The van der Waals surface area contributed by atoms with Crippen molar-refractivity contribution in [2.45, 2.75) is 24.9 Å². The molecule has 1 aromatic rings. The summed E-state index contributed by atoms with van der Waals surface area (Å²) in [5, 5.41) is 0. The van der Waals surface area contributed by atoms with Crippen molar-refractivity contribution in [3.63, 3.8) is 0 Å². The molecule has 2 N–H and O–H groups in total. The molecule has 19 heavy (non-hydrogen) atoms. The summed E-state index contributed by atoms with van der Waals surface area (Å²) in [6.45, 7) is 3.06. The summed E-state index contributed by atoms with van der Waals surface area (Å²) in [7, 11) is 4.28. The number of nitrogens with two attached hydrogens (primary N) is 1. The van der Waals surface area contributed by atoms with Crippen LogP contribution >= 0.6 is 0 Å². The molecule has 0 amide bonds. The highest BCUT2D eigenvalue weighted by atomic mass is 19.1. The van der Waals surface area contributed by atoms with Gasteiger partial charge in [-0.05, 0) is 57.7 Å². The van der Waals surface area contributed by atoms with E-state index in [0.29, 0.717) is 6.04 Å². The van der Waals surface area contributed by atoms with Crippen molar-refractivity contribution in [2.75, 3.05) is 33.7 Å². The molecule has 1 saturated heterocycles. The third kappa shape index (κ3) is 4.00. The molecule has 2 rings (SSSR count). The Kier molecular flexibility index (Phi) is 4.91. The fourth-order valence-corrected chi connectivity index (χ4v) is 2.74. The number of rotatable bonds is 4. The van der Waals surface area contributed by atoms with Crippen LogP contribution in [0.25, 0.3) is 0 Å². The molecule has 1 fully saturated rings. The van der Waals surface area contributed by atoms with Crippen LogP contribution in [-0.2, 0) is 0 Å². The zero-order valence-corrected chi connectivity index (χ0v) is 11.8. The Morgan fingerprint density at radius 2 is 2.11 bits per heavy atom. The van der Waals surface area contributed by atoms with Crippen LogP contribution in [-0.4, -0.2) is 49.6 Å². The summed E-state index contributed by atoms with van der Waals surface area (Å²) in [5.74, 6) is -0.213. The Morgan fingerprint density at radius 1 is 1.42 bits per heavy atom. The van der Waals surface area contributed by atoms with Gasteiger partial charge in [0.25, 0.3) is 0 Å². The number of hydrogen-bond donors (Lipinski definition) is 1. The number of likely N-dealkylation sites (N-methyl/N-ethyl adjacent to an activating group) is 1. The van der Waals surface area contributed by atoms with Gasteiger partial charge in [0.05, 0.1) is 0 Å². The summed E-state index contributed by atoms with van der Waals surface area (Å²) in [5.41, 5.74) is 7.05. The van der Waals surface area contributed by atoms with Gasteiger partial charge in [0.1, 0.15) is 5.82 Å². The Bertz CT molecular complexity index is 402. The molecule has 0 bridgehead atoms. The van der Waals surface area contributed by atoms with Crippen molar-refractivity contribution in [3.8, 4) is 0 Å². The maximum Gasteiger partial charge on any atom is 0.123 e. The van der Waals surface area contributed by atoms with Gasteiger partial charge >= 0.3 is 0 Å². The summed E-state index contributed by atoms with van der Waals surface area (Å²) in [6.07, 6.45) is 2.37. The van der Waals surface area contributed by atoms with Crippen molar-refractivity contribution in [1.29, 1.82) is 0 Å². The van der Waals surface area contributed by atoms with E-state index in [9.17, 15) is 4.39 Å². The van der Waals surface area contributed by atoms with Crippen molar-refractivity contribution in [3.05, 3.63) is 35.6 Å². The Balaban J connectivity index is 1.89. The Labute approximate surface area is 115 Å². The number of likely N-dealkylation sites (tertiary alicyclic amines) is 1. The molecule has 0 spiro atoms. The van der Waals surface area contributed by atoms with Crippen molar-refractivity contribution >= 4 is 0 Å². The maximum atomic E-state index is 13.2. The predicted octanol–water partition coefficient (Wildman–Crippen LogP) is 1.85. The standard InChI is InChI=1S/C15H24FN3/c1-18-8-6-14(7-9-18)19(2)11-15(17)12-4-3-5-13(16)10-12/h3-5,10,14-15H,6-9,11,17H2,1-2H3. The monoisotopic (exact) mass is 265 g/mol. The van der Waals surface area contributed by atoms with E-state index in [4.69, 9.17) is 5.73 Å². The quantitative estimate of drug-likeness (QED) is 0.902. The Morgan fingerprint density at radius 3 is 2.74 bits per heavy atom. The van der Waals surface area contributed by atoms with E-state index >= 15 is 0 Å². The highest BCUT2D eigenvalue weighted by molar-refractivity contribution is 5.20. The normalized spacial score (nSPS) is 19.8. The molecule has 1 heterocycles. The largest absolute Gasteiger partial charge is 0.323 e. The summed E-state index contributed by atoms with van der Waals surface area (Å²) < 4.78 is 13.2. The minimum Gasteiger partial charge on any atom is -0.323 e. The molecule has 3 nitrogen and oxygen atoms in total. The van der Waals surface area contributed by atoms with E-state index in [1.807, 2.05) is 6.07 Å². The lowest BCUT2D eigenvalue weighted by molar-refractivity contribution is 0.139. The second-order valence-corrected chi connectivity index (χ2v) is 5.64. The minimum atomic E-state index is -0.213. The fraction of sp³-hybridized carbons (Fsp3) is 0.600. The lowest BCUT2D eigenvalue weighted by Crippen LogP contribution is -2.44. The fourth-order valence-electron chi connectivity index (χ4n) is 2.74. The molecule has 1 atom stereocenters. The topological polar surface area (TPSA) is 32.5 Å². The van der Waals surface area contributed by atoms with Crippen LogP contribution in [0.15, 0.2) is 24.3 Å². The Hall–Kier alpha value is -0.970. The highest BCUT2D eigenvalue weighted by Gasteiger charge is 2.22. The summed E-state index contributed by atoms with van der Waals surface area (Å²) in [6, 6.07) is 7.08. The predicted molar refractivity (Wildman–Crippen MR) is 76.5 cm³/mol. The molecule has 0 aliphatic carbocycles. The van der Waals surface area contributed by atoms with Crippen LogP contribution in [0, 0.1) is 5.82 Å². The smallest absolute Gasteiger partial charge is 0.123 e. The average Bonchev–Trinajstić information content (AvgIpc) is 2.39. The van der Waals surface area contributed by atoms with Gasteiger partial charge in [-0.25, -0.2) is 4.39 Å². The van der Waals surface area contributed by atoms with E-state index in [1.54, 1.807) is 6.07 Å². The first-order chi connectivity index (χ1) is 9.06. The first-order valence-electron chi connectivity index (χ1n) is 6.96. The lowest BCUT2D eigenvalue weighted by atomic mass is 10.0. The van der Waals surface area contributed by atoms with Crippen molar-refractivity contribution < 1.29 is 4.39 Å². The van der Waals surface area contributed by atoms with Gasteiger partial charge in [-0.1, -0.05) is 12.1 Å². The van der Waals surface area contributed by atoms with Gasteiger partial charge < -0.3 is 15.5 Å². The molecule has 4 heteroatoms. The van der Waals surface area contributed by atoms with Crippen LogP contribution in [0.4, 0.5) is 4.39 Å². The SMILES string of the molecule is CN1CCC(N(C)CC(N)c2cccc(F)c2)CC1. The van der Waals surface area contributed by atoms with Crippen LogP contribution in [0.3, 0.4) is 0 Å². The number of hydrogen-bond acceptors (Lipinski definition) is 3. The van der Waals surface area contributed by atoms with Gasteiger partial charge in [-0.3, -0.25) is 0 Å². The molecule has 0 aromatic heterocycles. The van der Waals surface area contributed by atoms with Crippen LogP contribution in [0.5, 0.6) is 0 Å². The first kappa shape index (κ1) is 14.4. The number of halogens is 1. The van der Waals surface area contributed by atoms with E-state index in [2.05, 4.69) is 23.9 Å². The summed E-state index contributed by atoms with van der Waals surface area (Å²) >= 11 is 0. The molecule has 1 aromatic carbocycles. The lowest BCUT2D eigenvalue weighted by Gasteiger charge is -2.36. The van der Waals surface area contributed by atoms with E-state index in [1.165, 1.54) is 25.0 Å². The molecule has 1 aliphatic rings. The first-order valence-corrected chi connectivity index (χ1v) is 6.96. The van der Waals surface area contributed by atoms with E-state index in [0.717, 1.165) is 25.2 Å². The van der Waals surface area contributed by atoms with Gasteiger partial charge in [-0.2, -0.15) is 0 Å². The molecule has 0 radical (unpaired) electrons. The average molecular weight is 265 g/mol. The maximum absolute atomic E-state index is 13.2. The van der Waals surface area contributed by atoms with Crippen LogP contribution < -0.4 is 5.73 Å². The molecule has 1 aliphatic heterocycles. The van der Waals surface area contributed by atoms with E-state index < -0.39 is 0 Å². The molecular weight excluding hydrogens is 241 g/mol. The second kappa shape index (κ2) is 6.46. The molecule has 106 valence electrons. The van der Waals surface area contributed by atoms with Gasteiger partial charge in [0.15, 0.2) is 0 Å². The van der Waals surface area contributed by atoms with Gasteiger partial charge in [-0.15, -0.1) is 0 Å². The van der Waals surface area contributed by atoms with Crippen molar-refractivity contribution in [2.24, 2.45) is 5.73 Å². The number of benzene rings is 1. The van der Waals surface area contributed by atoms with Crippen LogP contribution in [0.1, 0.15) is 24.4 Å². The molecule has 1 unspecified atom stereocenters. The third-order valence-corrected chi connectivity index (χ3v) is 4.07. The highest BCUT2D eigenvalue weighted by Crippen LogP contribution is 2.18. The summed E-state index contributed by atoms with van der Waals surface area (Å²) in [4.78, 5) is 4.68. The van der Waals surface area contributed by atoms with Gasteiger partial charge in [0, 0.05) is 18.6 Å². The van der Waals surface area contributed by atoms with Gasteiger partial charge in [0.2, 0.25) is 0 Å². The number of nitrogens with zero attached hydrogens (tertiary/aromatic N) is 2. The molecule has 0 saturated carbocycles. The zero-order chi connectivity index (χ0) is 13.8. The second-order valence-electron chi connectivity index (χ2n) is 5.64.